The summed E-state index contributed by atoms with van der Waals surface area (Å²) >= 11 is 0. The van der Waals surface area contributed by atoms with E-state index in [2.05, 4.69) is 119 Å². The van der Waals surface area contributed by atoms with Gasteiger partial charge in [0.15, 0.2) is 11.5 Å². The van der Waals surface area contributed by atoms with E-state index in [0.29, 0.717) is 11.5 Å². The fraction of sp³-hybridized carbons (Fsp3) is 0. The van der Waals surface area contributed by atoms with Gasteiger partial charge in [-0.3, -0.25) is 0 Å². The summed E-state index contributed by atoms with van der Waals surface area (Å²) in [5.74, 6) is 0.645. The molecule has 58 heavy (non-hydrogen) atoms. The molecule has 3 heterocycles. The molecule has 0 fully saturated rings. The van der Waals surface area contributed by atoms with E-state index in [1.54, 1.807) is 0 Å². The number of benzene rings is 8. The molecule has 0 spiro atoms. The van der Waals surface area contributed by atoms with Crippen molar-refractivity contribution < 1.29 is 4.42 Å². The summed E-state index contributed by atoms with van der Waals surface area (Å²) in [5.41, 5.74) is 13.8. The number of fused-ring (bicyclic) bond motifs is 6. The number of hydrogen-bond acceptors (Lipinski definition) is 3. The lowest BCUT2D eigenvalue weighted by Gasteiger charge is -2.16. The number of nitrogens with zero attached hydrogens (tertiary/aromatic N) is 4. The summed E-state index contributed by atoms with van der Waals surface area (Å²) in [6, 6.07) is 66.7. The quantitative estimate of drug-likeness (QED) is 0.160. The third-order valence-electron chi connectivity index (χ3n) is 11.0. The van der Waals surface area contributed by atoms with Crippen molar-refractivity contribution in [2.45, 2.75) is 0 Å². The van der Waals surface area contributed by atoms with Crippen molar-refractivity contribution in [1.29, 1.82) is 0 Å². The topological polar surface area (TPSA) is 48.2 Å². The van der Waals surface area contributed by atoms with Crippen LogP contribution in [0.3, 0.4) is 0 Å². The average molecular weight is 741 g/mol. The molecule has 5 heteroatoms. The SMILES string of the molecule is [C-]#[N+]c1ccccc1-c1cc(-c2cc(-c3ccccc3)nc(-c3ccccc3)n2)cc(-n2c3ccccc3c3ccc(-c4cccc5c4oc4ccccc45)cc32)c1. The molecular formula is C53H32N4O. The van der Waals surface area contributed by atoms with Crippen molar-refractivity contribution in [3.63, 3.8) is 0 Å². The molecule has 11 rings (SSSR count). The molecule has 0 atom stereocenters. The second-order valence-electron chi connectivity index (χ2n) is 14.5. The Morgan fingerprint density at radius 1 is 0.431 bits per heavy atom. The first kappa shape index (κ1) is 33.3. The molecule has 0 amide bonds. The molecule has 0 unspecified atom stereocenters. The first-order valence-electron chi connectivity index (χ1n) is 19.3. The Balaban J connectivity index is 1.19. The Labute approximate surface area is 334 Å². The lowest BCUT2D eigenvalue weighted by Crippen LogP contribution is -1.99. The number of rotatable bonds is 6. The number of hydrogen-bond donors (Lipinski definition) is 0. The van der Waals surface area contributed by atoms with E-state index >= 15 is 0 Å². The molecule has 8 aromatic carbocycles. The molecule has 270 valence electrons. The van der Waals surface area contributed by atoms with Gasteiger partial charge >= 0.3 is 0 Å². The summed E-state index contributed by atoms with van der Waals surface area (Å²) in [6.45, 7) is 8.10. The minimum absolute atomic E-state index is 0.590. The Hall–Kier alpha value is -8.07. The maximum atomic E-state index is 8.10. The van der Waals surface area contributed by atoms with Gasteiger partial charge in [0.25, 0.3) is 0 Å². The highest BCUT2D eigenvalue weighted by atomic mass is 16.3. The van der Waals surface area contributed by atoms with Crippen LogP contribution in [0.4, 0.5) is 5.69 Å². The molecule has 0 saturated heterocycles. The van der Waals surface area contributed by atoms with Gasteiger partial charge in [0.1, 0.15) is 11.2 Å². The number of aromatic nitrogens is 3. The van der Waals surface area contributed by atoms with Crippen molar-refractivity contribution in [2.75, 3.05) is 0 Å². The highest BCUT2D eigenvalue weighted by molar-refractivity contribution is 6.13. The molecule has 0 bridgehead atoms. The van der Waals surface area contributed by atoms with Crippen LogP contribution in [0.15, 0.2) is 199 Å². The van der Waals surface area contributed by atoms with Crippen LogP contribution < -0.4 is 0 Å². The van der Waals surface area contributed by atoms with Crippen LogP contribution >= 0.6 is 0 Å². The molecule has 0 aliphatic heterocycles. The van der Waals surface area contributed by atoms with Gasteiger partial charge in [0.2, 0.25) is 0 Å². The highest BCUT2D eigenvalue weighted by Gasteiger charge is 2.19. The maximum absolute atomic E-state index is 8.10. The third-order valence-corrected chi connectivity index (χ3v) is 11.0. The lowest BCUT2D eigenvalue weighted by atomic mass is 9.98. The smallest absolute Gasteiger partial charge is 0.194 e. The van der Waals surface area contributed by atoms with Gasteiger partial charge in [-0.15, -0.1) is 0 Å². The van der Waals surface area contributed by atoms with Gasteiger partial charge in [0.05, 0.1) is 29.0 Å². The predicted octanol–water partition coefficient (Wildman–Crippen LogP) is 14.4. The molecule has 0 radical (unpaired) electrons. The maximum Gasteiger partial charge on any atom is 0.194 e. The van der Waals surface area contributed by atoms with Crippen molar-refractivity contribution in [3.8, 4) is 61.8 Å². The molecule has 0 N–H and O–H groups in total. The van der Waals surface area contributed by atoms with Gasteiger partial charge in [-0.2, -0.15) is 0 Å². The number of para-hydroxylation sites is 4. The molecule has 0 aliphatic rings. The monoisotopic (exact) mass is 740 g/mol. The Morgan fingerprint density at radius 2 is 1.07 bits per heavy atom. The summed E-state index contributed by atoms with van der Waals surface area (Å²) in [7, 11) is 0. The van der Waals surface area contributed by atoms with E-state index in [-0.39, 0.29) is 0 Å². The summed E-state index contributed by atoms with van der Waals surface area (Å²) in [5, 5.41) is 4.50. The molecule has 3 aromatic heterocycles. The van der Waals surface area contributed by atoms with Gasteiger partial charge in [-0.25, -0.2) is 14.8 Å². The van der Waals surface area contributed by atoms with Crippen LogP contribution in [0.2, 0.25) is 0 Å². The highest BCUT2D eigenvalue weighted by Crippen LogP contribution is 2.42. The first-order chi connectivity index (χ1) is 28.7. The third kappa shape index (κ3) is 5.55. The van der Waals surface area contributed by atoms with Crippen molar-refractivity contribution in [2.24, 2.45) is 0 Å². The van der Waals surface area contributed by atoms with Gasteiger partial charge in [0, 0.05) is 49.5 Å². The molecule has 11 aromatic rings. The van der Waals surface area contributed by atoms with Crippen molar-refractivity contribution in [1.82, 2.24) is 14.5 Å². The Kier molecular flexibility index (Phi) is 7.80. The van der Waals surface area contributed by atoms with Crippen molar-refractivity contribution in [3.05, 3.63) is 206 Å². The Bertz CT molecular complexity index is 3350. The first-order valence-corrected chi connectivity index (χ1v) is 19.3. The molecule has 0 saturated carbocycles. The van der Waals surface area contributed by atoms with Crippen LogP contribution in [-0.4, -0.2) is 14.5 Å². The fourth-order valence-electron chi connectivity index (χ4n) is 8.32. The standard InChI is InChI=1S/C53H32N4O/c1-54-46-24-11-8-19-40(46)37-29-38(48-33-47(34-15-4-2-5-16-34)55-53(56-48)35-17-6-3-7-18-35)31-39(30-37)57-49-25-12-9-20-42(49)43-28-27-36(32-50(43)57)41-22-14-23-45-44-21-10-13-26-51(44)58-52(41)45/h2-33H. The minimum atomic E-state index is 0.590. The van der Waals surface area contributed by atoms with E-state index in [4.69, 9.17) is 21.0 Å². The minimum Gasteiger partial charge on any atom is -0.455 e. The van der Waals surface area contributed by atoms with Crippen LogP contribution in [0, 0.1) is 6.57 Å². The second kappa shape index (κ2) is 13.6. The molecule has 0 aliphatic carbocycles. The van der Waals surface area contributed by atoms with Crippen LogP contribution in [0.5, 0.6) is 0 Å². The molecular weight excluding hydrogens is 709 g/mol. The number of furan rings is 1. The van der Waals surface area contributed by atoms with Gasteiger partial charge in [-0.1, -0.05) is 152 Å². The van der Waals surface area contributed by atoms with Crippen LogP contribution in [0.25, 0.3) is 110 Å². The van der Waals surface area contributed by atoms with Crippen molar-refractivity contribution >= 4 is 49.4 Å². The summed E-state index contributed by atoms with van der Waals surface area (Å²) < 4.78 is 8.86. The van der Waals surface area contributed by atoms with Crippen LogP contribution in [-0.2, 0) is 0 Å². The predicted molar refractivity (Wildman–Crippen MR) is 237 cm³/mol. The normalized spacial score (nSPS) is 11.4. The van der Waals surface area contributed by atoms with E-state index in [1.165, 1.54) is 0 Å². The Morgan fingerprint density at radius 3 is 1.90 bits per heavy atom. The average Bonchev–Trinajstić information content (AvgIpc) is 3.85. The van der Waals surface area contributed by atoms with E-state index in [1.807, 2.05) is 84.9 Å². The zero-order chi connectivity index (χ0) is 38.6. The van der Waals surface area contributed by atoms with E-state index in [0.717, 1.165) is 99.8 Å². The van der Waals surface area contributed by atoms with Gasteiger partial charge < -0.3 is 8.98 Å². The summed E-state index contributed by atoms with van der Waals surface area (Å²) in [4.78, 5) is 14.2. The zero-order valence-electron chi connectivity index (χ0n) is 31.2. The van der Waals surface area contributed by atoms with Crippen LogP contribution in [0.1, 0.15) is 0 Å². The van der Waals surface area contributed by atoms with E-state index in [9.17, 15) is 0 Å². The fourth-order valence-corrected chi connectivity index (χ4v) is 8.32. The second-order valence-corrected chi connectivity index (χ2v) is 14.5. The summed E-state index contributed by atoms with van der Waals surface area (Å²) in [6.07, 6.45) is 0. The zero-order valence-corrected chi connectivity index (χ0v) is 31.2. The van der Waals surface area contributed by atoms with Gasteiger partial charge in [-0.05, 0) is 59.2 Å². The lowest BCUT2D eigenvalue weighted by molar-refractivity contribution is 0.670. The van der Waals surface area contributed by atoms with E-state index < -0.39 is 0 Å². The molecule has 5 nitrogen and oxygen atoms in total. The largest absolute Gasteiger partial charge is 0.455 e.